The molecule has 0 bridgehead atoms. The van der Waals surface area contributed by atoms with Gasteiger partial charge in [-0.3, -0.25) is 4.79 Å². The number of carbonyl (C=O) groups excluding carboxylic acids is 1. The summed E-state index contributed by atoms with van der Waals surface area (Å²) in [6, 6.07) is 16.2. The minimum absolute atomic E-state index is 0.00455. The number of aryl methyl sites for hydroxylation is 1. The van der Waals surface area contributed by atoms with E-state index < -0.39 is 0 Å². The van der Waals surface area contributed by atoms with Crippen molar-refractivity contribution in [3.63, 3.8) is 0 Å². The van der Waals surface area contributed by atoms with Gasteiger partial charge in [-0.1, -0.05) is 36.4 Å². The number of anilines is 1. The number of hydrogen-bond donors (Lipinski definition) is 1. The molecule has 0 saturated carbocycles. The zero-order chi connectivity index (χ0) is 20.1. The van der Waals surface area contributed by atoms with Gasteiger partial charge in [-0.25, -0.2) is 14.1 Å². The van der Waals surface area contributed by atoms with E-state index in [0.29, 0.717) is 52.2 Å². The molecule has 2 heterocycles. The molecule has 2 N–H and O–H groups in total. The summed E-state index contributed by atoms with van der Waals surface area (Å²) in [6.45, 7) is 1.82. The molecule has 0 aliphatic heterocycles. The Balaban J connectivity index is 1.71. The van der Waals surface area contributed by atoms with Crippen molar-refractivity contribution in [1.82, 2.24) is 14.8 Å². The number of rotatable bonds is 2. The summed E-state index contributed by atoms with van der Waals surface area (Å²) in [7, 11) is 0. The predicted octanol–water partition coefficient (Wildman–Crippen LogP) is 4.36. The first-order chi connectivity index (χ1) is 14.0. The van der Waals surface area contributed by atoms with Crippen LogP contribution in [0.4, 0.5) is 10.1 Å². The molecule has 29 heavy (non-hydrogen) atoms. The second kappa shape index (κ2) is 6.51. The molecule has 1 aliphatic rings. The lowest BCUT2D eigenvalue weighted by molar-refractivity contribution is 0.0964. The quantitative estimate of drug-likeness (QED) is 0.555. The zero-order valence-electron chi connectivity index (χ0n) is 15.9. The van der Waals surface area contributed by atoms with Crippen LogP contribution in [-0.4, -0.2) is 20.5 Å². The maximum absolute atomic E-state index is 13.8. The fourth-order valence-corrected chi connectivity index (χ4v) is 4.24. The highest BCUT2D eigenvalue weighted by Gasteiger charge is 2.31. The minimum atomic E-state index is -0.353. The molecule has 0 radical (unpaired) electrons. The first-order valence-electron chi connectivity index (χ1n) is 9.54. The standard InChI is InChI=1S/C23H19FN4O/c1-13-20-22(25)21-18(10-15(11-19(21)29)14-6-3-2-4-7-14)26-23(20)28(27-13)17-9-5-8-16(24)12-17/h2-9,12,15H,10-11H2,1H3,(H2,25,26). The van der Waals surface area contributed by atoms with Gasteiger partial charge in [0.15, 0.2) is 11.4 Å². The average molecular weight is 386 g/mol. The van der Waals surface area contributed by atoms with Crippen LogP contribution in [0.1, 0.15) is 39.6 Å². The van der Waals surface area contributed by atoms with Gasteiger partial charge in [0.05, 0.1) is 33.7 Å². The molecule has 0 spiro atoms. The molecular weight excluding hydrogens is 367 g/mol. The van der Waals surface area contributed by atoms with Crippen molar-refractivity contribution in [3.8, 4) is 5.69 Å². The van der Waals surface area contributed by atoms with Crippen LogP contribution in [0.15, 0.2) is 54.6 Å². The number of benzene rings is 2. The summed E-state index contributed by atoms with van der Waals surface area (Å²) in [6.07, 6.45) is 1.03. The summed E-state index contributed by atoms with van der Waals surface area (Å²) in [5.41, 5.74) is 10.9. The number of nitrogens with zero attached hydrogens (tertiary/aromatic N) is 3. The van der Waals surface area contributed by atoms with E-state index in [0.717, 1.165) is 5.56 Å². The molecule has 2 aromatic heterocycles. The Kier molecular flexibility index (Phi) is 3.94. The maximum atomic E-state index is 13.8. The van der Waals surface area contributed by atoms with E-state index in [4.69, 9.17) is 10.7 Å². The Hall–Kier alpha value is -3.54. The summed E-state index contributed by atoms with van der Waals surface area (Å²) < 4.78 is 15.4. The van der Waals surface area contributed by atoms with Gasteiger partial charge in [0.25, 0.3) is 0 Å². The monoisotopic (exact) mass is 386 g/mol. The van der Waals surface area contributed by atoms with E-state index in [2.05, 4.69) is 5.10 Å². The minimum Gasteiger partial charge on any atom is -0.397 e. The zero-order valence-corrected chi connectivity index (χ0v) is 15.9. The third kappa shape index (κ3) is 2.79. The molecule has 1 unspecified atom stereocenters. The number of pyridine rings is 1. The summed E-state index contributed by atoms with van der Waals surface area (Å²) in [4.78, 5) is 17.8. The van der Waals surface area contributed by atoms with E-state index >= 15 is 0 Å². The number of ketones is 1. The highest BCUT2D eigenvalue weighted by molar-refractivity contribution is 6.09. The molecule has 5 rings (SSSR count). The molecular formula is C23H19FN4O. The van der Waals surface area contributed by atoms with E-state index in [1.54, 1.807) is 16.8 Å². The van der Waals surface area contributed by atoms with Crippen LogP contribution in [-0.2, 0) is 6.42 Å². The number of fused-ring (bicyclic) bond motifs is 2. The van der Waals surface area contributed by atoms with E-state index in [1.165, 1.54) is 12.1 Å². The fourth-order valence-electron chi connectivity index (χ4n) is 4.24. The van der Waals surface area contributed by atoms with Crippen molar-refractivity contribution in [2.75, 3.05) is 5.73 Å². The number of aromatic nitrogens is 3. The van der Waals surface area contributed by atoms with Crippen LogP contribution < -0.4 is 5.73 Å². The van der Waals surface area contributed by atoms with Gasteiger partial charge in [0, 0.05) is 6.42 Å². The highest BCUT2D eigenvalue weighted by Crippen LogP contribution is 2.38. The number of carbonyl (C=O) groups is 1. The molecule has 0 amide bonds. The third-order valence-corrected chi connectivity index (χ3v) is 5.58. The Morgan fingerprint density at radius 3 is 2.66 bits per heavy atom. The van der Waals surface area contributed by atoms with Crippen molar-refractivity contribution in [2.45, 2.75) is 25.7 Å². The number of nitrogens with two attached hydrogens (primary N) is 1. The van der Waals surface area contributed by atoms with E-state index in [-0.39, 0.29) is 17.5 Å². The number of Topliss-reactive ketones (excluding diaryl/α,β-unsaturated/α-hetero) is 1. The van der Waals surface area contributed by atoms with Gasteiger partial charge in [-0.05, 0) is 43.0 Å². The molecule has 0 fully saturated rings. The van der Waals surface area contributed by atoms with Crippen LogP contribution in [0, 0.1) is 12.7 Å². The van der Waals surface area contributed by atoms with Gasteiger partial charge >= 0.3 is 0 Å². The lowest BCUT2D eigenvalue weighted by Gasteiger charge is -2.24. The maximum Gasteiger partial charge on any atom is 0.167 e. The normalized spacial score (nSPS) is 16.2. The SMILES string of the molecule is Cc1nn(-c2cccc(F)c2)c2nc3c(c(N)c12)C(=O)CC(c1ccccc1)C3. The fraction of sp³-hybridized carbons (Fsp3) is 0.174. The summed E-state index contributed by atoms with van der Waals surface area (Å²) >= 11 is 0. The molecule has 4 aromatic rings. The third-order valence-electron chi connectivity index (χ3n) is 5.58. The lowest BCUT2D eigenvalue weighted by atomic mass is 9.81. The number of nitrogen functional groups attached to an aromatic ring is 1. The summed E-state index contributed by atoms with van der Waals surface area (Å²) in [5, 5.41) is 5.18. The van der Waals surface area contributed by atoms with Crippen LogP contribution in [0.5, 0.6) is 0 Å². The Morgan fingerprint density at radius 2 is 1.90 bits per heavy atom. The van der Waals surface area contributed by atoms with Crippen molar-refractivity contribution >= 4 is 22.5 Å². The van der Waals surface area contributed by atoms with E-state index in [1.807, 2.05) is 37.3 Å². The molecule has 5 nitrogen and oxygen atoms in total. The Labute approximate surface area is 167 Å². The summed E-state index contributed by atoms with van der Waals surface area (Å²) in [5.74, 6) is -0.286. The van der Waals surface area contributed by atoms with Crippen LogP contribution >= 0.6 is 0 Å². The molecule has 0 saturated heterocycles. The van der Waals surface area contributed by atoms with Crippen LogP contribution in [0.25, 0.3) is 16.7 Å². The smallest absolute Gasteiger partial charge is 0.167 e. The topological polar surface area (TPSA) is 73.8 Å². The van der Waals surface area contributed by atoms with Crippen molar-refractivity contribution in [1.29, 1.82) is 0 Å². The predicted molar refractivity (Wildman–Crippen MR) is 110 cm³/mol. The lowest BCUT2D eigenvalue weighted by Crippen LogP contribution is -2.22. The first-order valence-corrected chi connectivity index (χ1v) is 9.54. The Morgan fingerprint density at radius 1 is 1.10 bits per heavy atom. The second-order valence-corrected chi connectivity index (χ2v) is 7.46. The van der Waals surface area contributed by atoms with Gasteiger partial charge in [0.2, 0.25) is 0 Å². The average Bonchev–Trinajstić information content (AvgIpc) is 3.05. The van der Waals surface area contributed by atoms with E-state index in [9.17, 15) is 9.18 Å². The van der Waals surface area contributed by atoms with Crippen LogP contribution in [0.2, 0.25) is 0 Å². The van der Waals surface area contributed by atoms with Crippen molar-refractivity contribution < 1.29 is 9.18 Å². The molecule has 1 aliphatic carbocycles. The molecule has 6 heteroatoms. The Bertz CT molecular complexity index is 1260. The second-order valence-electron chi connectivity index (χ2n) is 7.46. The van der Waals surface area contributed by atoms with Gasteiger partial charge in [-0.15, -0.1) is 0 Å². The molecule has 1 atom stereocenters. The van der Waals surface area contributed by atoms with Crippen LogP contribution in [0.3, 0.4) is 0 Å². The highest BCUT2D eigenvalue weighted by atomic mass is 19.1. The number of hydrogen-bond acceptors (Lipinski definition) is 4. The van der Waals surface area contributed by atoms with Gasteiger partial charge in [-0.2, -0.15) is 5.10 Å². The van der Waals surface area contributed by atoms with Gasteiger partial charge in [0.1, 0.15) is 5.82 Å². The van der Waals surface area contributed by atoms with Crippen molar-refractivity contribution in [3.05, 3.63) is 82.9 Å². The molecule has 2 aromatic carbocycles. The van der Waals surface area contributed by atoms with Crippen molar-refractivity contribution in [2.24, 2.45) is 0 Å². The first kappa shape index (κ1) is 17.6. The molecule has 144 valence electrons. The number of halogens is 1. The van der Waals surface area contributed by atoms with Gasteiger partial charge < -0.3 is 5.73 Å². The largest absolute Gasteiger partial charge is 0.397 e.